The highest BCUT2D eigenvalue weighted by atomic mass is 16.5. The molecule has 0 amide bonds. The van der Waals surface area contributed by atoms with Crippen molar-refractivity contribution in [2.24, 2.45) is 0 Å². The molecule has 1 N–H and O–H groups in total. The summed E-state index contributed by atoms with van der Waals surface area (Å²) in [7, 11) is 0. The Morgan fingerprint density at radius 2 is 2.11 bits per heavy atom. The summed E-state index contributed by atoms with van der Waals surface area (Å²) in [5, 5.41) is 3.25. The van der Waals surface area contributed by atoms with Crippen molar-refractivity contribution in [3.8, 4) is 0 Å². The number of rotatable bonds is 8. The van der Waals surface area contributed by atoms with Crippen molar-refractivity contribution in [3.63, 3.8) is 0 Å². The first-order chi connectivity index (χ1) is 9.06. The highest BCUT2D eigenvalue weighted by Crippen LogP contribution is 2.12. The van der Waals surface area contributed by atoms with E-state index >= 15 is 0 Å². The predicted octanol–water partition coefficient (Wildman–Crippen LogP) is 2.89. The minimum Gasteiger partial charge on any atom is -0.382 e. The van der Waals surface area contributed by atoms with Crippen molar-refractivity contribution in [3.05, 3.63) is 34.9 Å². The van der Waals surface area contributed by atoms with Crippen LogP contribution in [0.3, 0.4) is 0 Å². The molecule has 0 heterocycles. The number of hydrogen-bond acceptors (Lipinski definition) is 3. The smallest absolute Gasteiger partial charge is 0.179 e. The second kappa shape index (κ2) is 8.08. The number of ether oxygens (including phenoxy) is 1. The number of carbonyl (C=O) groups is 1. The van der Waals surface area contributed by atoms with Crippen LogP contribution in [0.25, 0.3) is 0 Å². The fraction of sp³-hybridized carbons (Fsp3) is 0.562. The highest BCUT2D eigenvalue weighted by molar-refractivity contribution is 6.01. The fourth-order valence-corrected chi connectivity index (χ4v) is 2.05. The summed E-state index contributed by atoms with van der Waals surface area (Å²) >= 11 is 0. The van der Waals surface area contributed by atoms with Crippen LogP contribution in [0.5, 0.6) is 0 Å². The SMILES string of the molecule is CCOCCCNC(C)C(=O)c1ccc(C)cc1C. The van der Waals surface area contributed by atoms with Crippen LogP contribution in [0.1, 0.15) is 41.8 Å². The van der Waals surface area contributed by atoms with Gasteiger partial charge in [0.1, 0.15) is 0 Å². The van der Waals surface area contributed by atoms with Crippen LogP contribution in [0.4, 0.5) is 0 Å². The normalized spacial score (nSPS) is 12.4. The summed E-state index contributed by atoms with van der Waals surface area (Å²) in [5.41, 5.74) is 3.05. The monoisotopic (exact) mass is 263 g/mol. The molecule has 1 unspecified atom stereocenters. The zero-order valence-electron chi connectivity index (χ0n) is 12.5. The van der Waals surface area contributed by atoms with Crippen molar-refractivity contribution in [1.29, 1.82) is 0 Å². The largest absolute Gasteiger partial charge is 0.382 e. The molecule has 1 aromatic rings. The van der Waals surface area contributed by atoms with Crippen LogP contribution < -0.4 is 5.32 Å². The van der Waals surface area contributed by atoms with Gasteiger partial charge in [0.15, 0.2) is 5.78 Å². The lowest BCUT2D eigenvalue weighted by Crippen LogP contribution is -2.35. The molecule has 3 heteroatoms. The Hall–Kier alpha value is -1.19. The molecular weight excluding hydrogens is 238 g/mol. The van der Waals surface area contributed by atoms with Gasteiger partial charge in [-0.05, 0) is 46.2 Å². The summed E-state index contributed by atoms with van der Waals surface area (Å²) in [4.78, 5) is 12.3. The predicted molar refractivity (Wildman–Crippen MR) is 78.8 cm³/mol. The van der Waals surface area contributed by atoms with E-state index in [-0.39, 0.29) is 11.8 Å². The van der Waals surface area contributed by atoms with Gasteiger partial charge in [-0.25, -0.2) is 0 Å². The Balaban J connectivity index is 2.47. The van der Waals surface area contributed by atoms with Crippen molar-refractivity contribution in [2.45, 2.75) is 40.2 Å². The molecule has 0 saturated heterocycles. The molecule has 3 nitrogen and oxygen atoms in total. The molecule has 0 radical (unpaired) electrons. The van der Waals surface area contributed by atoms with Crippen LogP contribution in [0.15, 0.2) is 18.2 Å². The summed E-state index contributed by atoms with van der Waals surface area (Å²) in [6, 6.07) is 5.81. The van der Waals surface area contributed by atoms with Crippen molar-refractivity contribution >= 4 is 5.78 Å². The van der Waals surface area contributed by atoms with E-state index in [9.17, 15) is 4.79 Å². The van der Waals surface area contributed by atoms with Gasteiger partial charge in [0.05, 0.1) is 6.04 Å². The van der Waals surface area contributed by atoms with Crippen molar-refractivity contribution < 1.29 is 9.53 Å². The third-order valence-electron chi connectivity index (χ3n) is 3.16. The molecule has 0 aromatic heterocycles. The molecule has 1 rings (SSSR count). The van der Waals surface area contributed by atoms with Crippen molar-refractivity contribution in [2.75, 3.05) is 19.8 Å². The van der Waals surface area contributed by atoms with Gasteiger partial charge < -0.3 is 10.1 Å². The molecule has 19 heavy (non-hydrogen) atoms. The van der Waals surface area contributed by atoms with Crippen LogP contribution in [-0.2, 0) is 4.74 Å². The molecule has 0 aliphatic heterocycles. The fourth-order valence-electron chi connectivity index (χ4n) is 2.05. The molecule has 1 atom stereocenters. The first kappa shape index (κ1) is 15.9. The van der Waals surface area contributed by atoms with E-state index in [1.165, 1.54) is 5.56 Å². The van der Waals surface area contributed by atoms with Gasteiger partial charge in [0, 0.05) is 18.8 Å². The van der Waals surface area contributed by atoms with Gasteiger partial charge in [-0.1, -0.05) is 23.8 Å². The van der Waals surface area contributed by atoms with Crippen LogP contribution in [0, 0.1) is 13.8 Å². The summed E-state index contributed by atoms with van der Waals surface area (Å²) in [5.74, 6) is 0.161. The van der Waals surface area contributed by atoms with Crippen LogP contribution >= 0.6 is 0 Å². The Kier molecular flexibility index (Phi) is 6.74. The maximum atomic E-state index is 12.3. The maximum Gasteiger partial charge on any atom is 0.179 e. The average Bonchev–Trinajstić information content (AvgIpc) is 2.37. The van der Waals surface area contributed by atoms with E-state index < -0.39 is 0 Å². The van der Waals surface area contributed by atoms with Gasteiger partial charge >= 0.3 is 0 Å². The molecule has 1 aromatic carbocycles. The first-order valence-electron chi connectivity index (χ1n) is 6.98. The average molecular weight is 263 g/mol. The Morgan fingerprint density at radius 3 is 2.74 bits per heavy atom. The van der Waals surface area contributed by atoms with Gasteiger partial charge in [0.2, 0.25) is 0 Å². The zero-order chi connectivity index (χ0) is 14.3. The second-order valence-corrected chi connectivity index (χ2v) is 4.91. The quantitative estimate of drug-likeness (QED) is 0.579. The number of hydrogen-bond donors (Lipinski definition) is 1. The van der Waals surface area contributed by atoms with E-state index in [4.69, 9.17) is 4.74 Å². The van der Waals surface area contributed by atoms with Crippen LogP contribution in [-0.4, -0.2) is 31.6 Å². The van der Waals surface area contributed by atoms with Gasteiger partial charge in [-0.2, -0.15) is 0 Å². The Labute approximate surface area is 116 Å². The minimum atomic E-state index is -0.150. The lowest BCUT2D eigenvalue weighted by Gasteiger charge is -2.14. The summed E-state index contributed by atoms with van der Waals surface area (Å²) in [6.07, 6.45) is 0.929. The molecule has 0 bridgehead atoms. The molecule has 0 aliphatic rings. The van der Waals surface area contributed by atoms with Gasteiger partial charge in [-0.3, -0.25) is 4.79 Å². The summed E-state index contributed by atoms with van der Waals surface area (Å²) in [6.45, 7) is 10.2. The number of ketones is 1. The Morgan fingerprint density at radius 1 is 1.37 bits per heavy atom. The zero-order valence-corrected chi connectivity index (χ0v) is 12.5. The molecule has 106 valence electrons. The van der Waals surface area contributed by atoms with Gasteiger partial charge in [-0.15, -0.1) is 0 Å². The molecular formula is C16H25NO2. The second-order valence-electron chi connectivity index (χ2n) is 4.91. The van der Waals surface area contributed by atoms with Gasteiger partial charge in [0.25, 0.3) is 0 Å². The van der Waals surface area contributed by atoms with E-state index in [2.05, 4.69) is 11.4 Å². The van der Waals surface area contributed by atoms with Crippen LogP contribution in [0.2, 0.25) is 0 Å². The standard InChI is InChI=1S/C16H25NO2/c1-5-19-10-6-9-17-14(4)16(18)15-8-7-12(2)11-13(15)3/h7-8,11,14,17H,5-6,9-10H2,1-4H3. The van der Waals surface area contributed by atoms with E-state index in [1.807, 2.05) is 39.8 Å². The lowest BCUT2D eigenvalue weighted by molar-refractivity contribution is 0.0946. The topological polar surface area (TPSA) is 38.3 Å². The lowest BCUT2D eigenvalue weighted by atomic mass is 9.98. The number of aryl methyl sites for hydroxylation is 2. The first-order valence-corrected chi connectivity index (χ1v) is 6.98. The number of benzene rings is 1. The van der Waals surface area contributed by atoms with E-state index in [1.54, 1.807) is 0 Å². The third kappa shape index (κ3) is 5.13. The minimum absolute atomic E-state index is 0.150. The maximum absolute atomic E-state index is 12.3. The Bertz CT molecular complexity index is 415. The summed E-state index contributed by atoms with van der Waals surface area (Å²) < 4.78 is 5.27. The van der Waals surface area contributed by atoms with Crippen molar-refractivity contribution in [1.82, 2.24) is 5.32 Å². The molecule has 0 spiro atoms. The number of nitrogens with one attached hydrogen (secondary N) is 1. The molecule has 0 aliphatic carbocycles. The van der Waals surface area contributed by atoms with E-state index in [0.29, 0.717) is 0 Å². The highest BCUT2D eigenvalue weighted by Gasteiger charge is 2.16. The number of Topliss-reactive ketones (excluding diaryl/α,β-unsaturated/α-hetero) is 1. The third-order valence-corrected chi connectivity index (χ3v) is 3.16. The molecule has 0 fully saturated rings. The molecule has 0 saturated carbocycles. The number of carbonyl (C=O) groups excluding carboxylic acids is 1. The van der Waals surface area contributed by atoms with E-state index in [0.717, 1.165) is 37.3 Å².